The highest BCUT2D eigenvalue weighted by atomic mass is 16.2. The second-order valence-corrected chi connectivity index (χ2v) is 4.43. The molecule has 2 rings (SSSR count). The third-order valence-corrected chi connectivity index (χ3v) is 2.99. The van der Waals surface area contributed by atoms with E-state index in [0.29, 0.717) is 12.2 Å². The Hall–Kier alpha value is -2.36. The molecule has 0 radical (unpaired) electrons. The molecule has 4 nitrogen and oxygen atoms in total. The molecule has 2 N–H and O–H groups in total. The number of hydrogen-bond acceptors (Lipinski definition) is 2. The van der Waals surface area contributed by atoms with Crippen molar-refractivity contribution in [1.29, 1.82) is 0 Å². The number of H-pyrrole nitrogens is 1. The van der Waals surface area contributed by atoms with Gasteiger partial charge in [0.25, 0.3) is 11.7 Å². The molecule has 2 aromatic rings. The van der Waals surface area contributed by atoms with Crippen molar-refractivity contribution in [2.75, 3.05) is 6.54 Å². The molecule has 0 aliphatic rings. The fourth-order valence-corrected chi connectivity index (χ4v) is 1.82. The van der Waals surface area contributed by atoms with Crippen molar-refractivity contribution in [2.24, 2.45) is 0 Å². The SMILES string of the molecule is CC(CNC(=O)C(=O)c1ccc[nH]1)c1ccccc1. The molecule has 1 atom stereocenters. The normalized spacial score (nSPS) is 11.8. The Morgan fingerprint density at radius 1 is 1.16 bits per heavy atom. The molecule has 1 amide bonds. The van der Waals surface area contributed by atoms with Crippen LogP contribution in [0.3, 0.4) is 0 Å². The van der Waals surface area contributed by atoms with Crippen molar-refractivity contribution in [3.63, 3.8) is 0 Å². The number of amides is 1. The largest absolute Gasteiger partial charge is 0.358 e. The first-order valence-electron chi connectivity index (χ1n) is 6.19. The Morgan fingerprint density at radius 2 is 1.89 bits per heavy atom. The second-order valence-electron chi connectivity index (χ2n) is 4.43. The van der Waals surface area contributed by atoms with Gasteiger partial charge in [-0.25, -0.2) is 0 Å². The first-order chi connectivity index (χ1) is 9.18. The van der Waals surface area contributed by atoms with E-state index in [0.717, 1.165) is 5.56 Å². The Kier molecular flexibility index (Phi) is 4.13. The van der Waals surface area contributed by atoms with E-state index in [2.05, 4.69) is 10.3 Å². The lowest BCUT2D eigenvalue weighted by Crippen LogP contribution is -2.33. The minimum Gasteiger partial charge on any atom is -0.358 e. The van der Waals surface area contributed by atoms with Crippen LogP contribution in [-0.4, -0.2) is 23.2 Å². The van der Waals surface area contributed by atoms with Crippen LogP contribution >= 0.6 is 0 Å². The van der Waals surface area contributed by atoms with Crippen molar-refractivity contribution in [3.05, 3.63) is 59.9 Å². The van der Waals surface area contributed by atoms with E-state index in [9.17, 15) is 9.59 Å². The molecule has 98 valence electrons. The van der Waals surface area contributed by atoms with Gasteiger partial charge in [0.2, 0.25) is 0 Å². The summed E-state index contributed by atoms with van der Waals surface area (Å²) in [6, 6.07) is 13.1. The molecule has 0 saturated heterocycles. The van der Waals surface area contributed by atoms with E-state index in [-0.39, 0.29) is 5.92 Å². The second kappa shape index (κ2) is 6.00. The van der Waals surface area contributed by atoms with Crippen LogP contribution in [0.4, 0.5) is 0 Å². The average molecular weight is 256 g/mol. The predicted octanol–water partition coefficient (Wildman–Crippen LogP) is 2.12. The standard InChI is InChI=1S/C15H16N2O2/c1-11(12-6-3-2-4-7-12)10-17-15(19)14(18)13-8-5-9-16-13/h2-9,11,16H,10H2,1H3,(H,17,19). The monoisotopic (exact) mass is 256 g/mol. The molecular weight excluding hydrogens is 240 g/mol. The number of benzene rings is 1. The number of ketones is 1. The molecular formula is C15H16N2O2. The number of hydrogen-bond donors (Lipinski definition) is 2. The smallest absolute Gasteiger partial charge is 0.294 e. The van der Waals surface area contributed by atoms with Crippen molar-refractivity contribution in [2.45, 2.75) is 12.8 Å². The molecule has 19 heavy (non-hydrogen) atoms. The van der Waals surface area contributed by atoms with Gasteiger partial charge in [-0.05, 0) is 23.6 Å². The third-order valence-electron chi connectivity index (χ3n) is 2.99. The predicted molar refractivity (Wildman–Crippen MR) is 73.0 cm³/mol. The summed E-state index contributed by atoms with van der Waals surface area (Å²) in [5.41, 5.74) is 1.44. The van der Waals surface area contributed by atoms with Crippen LogP contribution in [0.15, 0.2) is 48.7 Å². The van der Waals surface area contributed by atoms with Crippen molar-refractivity contribution < 1.29 is 9.59 Å². The summed E-state index contributed by atoms with van der Waals surface area (Å²) in [7, 11) is 0. The summed E-state index contributed by atoms with van der Waals surface area (Å²) < 4.78 is 0. The summed E-state index contributed by atoms with van der Waals surface area (Å²) in [6.07, 6.45) is 1.62. The van der Waals surface area contributed by atoms with Gasteiger partial charge in [-0.3, -0.25) is 9.59 Å². The van der Waals surface area contributed by atoms with Gasteiger partial charge in [-0.15, -0.1) is 0 Å². The Bertz CT molecular complexity index is 547. The van der Waals surface area contributed by atoms with Crippen molar-refractivity contribution >= 4 is 11.7 Å². The maximum atomic E-state index is 11.7. The van der Waals surface area contributed by atoms with E-state index < -0.39 is 11.7 Å². The number of carbonyl (C=O) groups is 2. The Morgan fingerprint density at radius 3 is 2.53 bits per heavy atom. The fraction of sp³-hybridized carbons (Fsp3) is 0.200. The molecule has 0 fully saturated rings. The summed E-state index contributed by atoms with van der Waals surface area (Å²) in [4.78, 5) is 26.1. The highest BCUT2D eigenvalue weighted by Gasteiger charge is 2.17. The van der Waals surface area contributed by atoms with Crippen molar-refractivity contribution in [1.82, 2.24) is 10.3 Å². The van der Waals surface area contributed by atoms with Gasteiger partial charge >= 0.3 is 0 Å². The van der Waals surface area contributed by atoms with Crippen LogP contribution in [0.1, 0.15) is 28.9 Å². The Balaban J connectivity index is 1.89. The molecule has 4 heteroatoms. The van der Waals surface area contributed by atoms with Gasteiger partial charge in [0, 0.05) is 12.7 Å². The van der Waals surface area contributed by atoms with Crippen LogP contribution in [0, 0.1) is 0 Å². The average Bonchev–Trinajstić information content (AvgIpc) is 2.98. The number of rotatable bonds is 5. The van der Waals surface area contributed by atoms with Gasteiger partial charge in [-0.1, -0.05) is 37.3 Å². The minimum atomic E-state index is -0.578. The lowest BCUT2D eigenvalue weighted by atomic mass is 10.0. The van der Waals surface area contributed by atoms with Gasteiger partial charge in [0.15, 0.2) is 0 Å². The quantitative estimate of drug-likeness (QED) is 0.636. The first-order valence-corrected chi connectivity index (χ1v) is 6.19. The number of Topliss-reactive ketones (excluding diaryl/α,β-unsaturated/α-hetero) is 1. The van der Waals surface area contributed by atoms with Crippen LogP contribution < -0.4 is 5.32 Å². The van der Waals surface area contributed by atoms with Crippen LogP contribution in [0.2, 0.25) is 0 Å². The molecule has 1 unspecified atom stereocenters. The zero-order valence-electron chi connectivity index (χ0n) is 10.7. The molecule has 0 saturated carbocycles. The van der Waals surface area contributed by atoms with Gasteiger partial charge in [0.05, 0.1) is 5.69 Å². The highest BCUT2D eigenvalue weighted by molar-refractivity contribution is 6.42. The van der Waals surface area contributed by atoms with Crippen molar-refractivity contribution in [3.8, 4) is 0 Å². The van der Waals surface area contributed by atoms with Gasteiger partial charge < -0.3 is 10.3 Å². The van der Waals surface area contributed by atoms with E-state index in [1.807, 2.05) is 37.3 Å². The maximum absolute atomic E-state index is 11.7. The molecule has 1 aromatic heterocycles. The lowest BCUT2D eigenvalue weighted by Gasteiger charge is -2.12. The number of aromatic amines is 1. The first kappa shape index (κ1) is 13.1. The fourth-order valence-electron chi connectivity index (χ4n) is 1.82. The van der Waals surface area contributed by atoms with E-state index in [1.54, 1.807) is 18.3 Å². The number of carbonyl (C=O) groups excluding carboxylic acids is 2. The summed E-state index contributed by atoms with van der Waals surface area (Å²) in [6.45, 7) is 2.45. The van der Waals surface area contributed by atoms with Crippen LogP contribution in [0.5, 0.6) is 0 Å². The van der Waals surface area contributed by atoms with E-state index >= 15 is 0 Å². The van der Waals surface area contributed by atoms with E-state index in [4.69, 9.17) is 0 Å². The molecule has 0 bridgehead atoms. The molecule has 0 spiro atoms. The molecule has 1 heterocycles. The van der Waals surface area contributed by atoms with E-state index in [1.165, 1.54) is 0 Å². The summed E-state index contributed by atoms with van der Waals surface area (Å²) >= 11 is 0. The zero-order valence-corrected chi connectivity index (χ0v) is 10.7. The van der Waals surface area contributed by atoms with Crippen LogP contribution in [0.25, 0.3) is 0 Å². The summed E-state index contributed by atoms with van der Waals surface area (Å²) in [5, 5.41) is 2.66. The highest BCUT2D eigenvalue weighted by Crippen LogP contribution is 2.12. The lowest BCUT2D eigenvalue weighted by molar-refractivity contribution is -0.117. The topological polar surface area (TPSA) is 62.0 Å². The molecule has 0 aliphatic heterocycles. The van der Waals surface area contributed by atoms with Gasteiger partial charge in [0.1, 0.15) is 0 Å². The zero-order chi connectivity index (χ0) is 13.7. The molecule has 0 aliphatic carbocycles. The summed E-state index contributed by atoms with van der Waals surface area (Å²) in [5.74, 6) is -0.947. The van der Waals surface area contributed by atoms with Gasteiger partial charge in [-0.2, -0.15) is 0 Å². The Labute approximate surface area is 111 Å². The maximum Gasteiger partial charge on any atom is 0.294 e. The minimum absolute atomic E-state index is 0.168. The molecule has 1 aromatic carbocycles. The van der Waals surface area contributed by atoms with Crippen LogP contribution in [-0.2, 0) is 4.79 Å². The number of aromatic nitrogens is 1. The third kappa shape index (κ3) is 3.31. The number of nitrogens with one attached hydrogen (secondary N) is 2.